The lowest BCUT2D eigenvalue weighted by atomic mass is 10.3. The monoisotopic (exact) mass is 329 g/mol. The molecule has 0 spiro atoms. The first kappa shape index (κ1) is 15.7. The van der Waals surface area contributed by atoms with Crippen LogP contribution < -0.4 is 14.9 Å². The molecule has 1 amide bonds. The van der Waals surface area contributed by atoms with Gasteiger partial charge in [0.1, 0.15) is 0 Å². The third-order valence-corrected chi connectivity index (χ3v) is 5.16. The molecule has 9 heteroatoms. The lowest BCUT2D eigenvalue weighted by Crippen LogP contribution is -2.44. The third kappa shape index (κ3) is 3.49. The second-order valence-electron chi connectivity index (χ2n) is 4.41. The SMILES string of the molecule is CCNC(=O)C(C)NS(=O)(=O)c1ccc2[nH]c(=O)sc2c1. The van der Waals surface area contributed by atoms with Crippen molar-refractivity contribution in [1.82, 2.24) is 15.0 Å². The smallest absolute Gasteiger partial charge is 0.305 e. The van der Waals surface area contributed by atoms with E-state index in [1.165, 1.54) is 25.1 Å². The number of aromatic nitrogens is 1. The number of hydrogen-bond donors (Lipinski definition) is 3. The van der Waals surface area contributed by atoms with E-state index >= 15 is 0 Å². The van der Waals surface area contributed by atoms with Crippen molar-refractivity contribution >= 4 is 37.5 Å². The van der Waals surface area contributed by atoms with E-state index < -0.39 is 22.0 Å². The molecule has 0 bridgehead atoms. The largest absolute Gasteiger partial charge is 0.355 e. The number of thiazole rings is 1. The number of H-pyrrole nitrogens is 1. The summed E-state index contributed by atoms with van der Waals surface area (Å²) < 4.78 is 27.3. The number of aromatic amines is 1. The van der Waals surface area contributed by atoms with E-state index in [2.05, 4.69) is 15.0 Å². The Morgan fingerprint density at radius 3 is 2.81 bits per heavy atom. The van der Waals surface area contributed by atoms with E-state index in [1.807, 2.05) is 0 Å². The number of rotatable bonds is 5. The van der Waals surface area contributed by atoms with Gasteiger partial charge < -0.3 is 10.3 Å². The molecule has 1 aromatic carbocycles. The van der Waals surface area contributed by atoms with Crippen LogP contribution in [0, 0.1) is 0 Å². The highest BCUT2D eigenvalue weighted by molar-refractivity contribution is 7.89. The standard InChI is InChI=1S/C12H15N3O4S2/c1-3-13-11(16)7(2)15-21(18,19)8-4-5-9-10(6-8)20-12(17)14-9/h4-7,15H,3H2,1-2H3,(H,13,16)(H,14,17). The van der Waals surface area contributed by atoms with Gasteiger partial charge in [0.15, 0.2) is 0 Å². The van der Waals surface area contributed by atoms with Crippen LogP contribution in [-0.2, 0) is 14.8 Å². The molecule has 7 nitrogen and oxygen atoms in total. The van der Waals surface area contributed by atoms with Gasteiger partial charge in [-0.25, -0.2) is 8.42 Å². The van der Waals surface area contributed by atoms with Crippen molar-refractivity contribution in [3.63, 3.8) is 0 Å². The summed E-state index contributed by atoms with van der Waals surface area (Å²) >= 11 is 0.933. The zero-order valence-corrected chi connectivity index (χ0v) is 13.1. The van der Waals surface area contributed by atoms with Gasteiger partial charge in [-0.05, 0) is 32.0 Å². The fraction of sp³-hybridized carbons (Fsp3) is 0.333. The quantitative estimate of drug-likeness (QED) is 0.737. The van der Waals surface area contributed by atoms with Crippen molar-refractivity contribution in [1.29, 1.82) is 0 Å². The van der Waals surface area contributed by atoms with E-state index in [4.69, 9.17) is 0 Å². The first-order chi connectivity index (χ1) is 9.83. The van der Waals surface area contributed by atoms with Crippen LogP contribution in [0.3, 0.4) is 0 Å². The molecule has 0 saturated carbocycles. The summed E-state index contributed by atoms with van der Waals surface area (Å²) in [6, 6.07) is 3.44. The zero-order valence-electron chi connectivity index (χ0n) is 11.5. The lowest BCUT2D eigenvalue weighted by Gasteiger charge is -2.13. The molecule has 2 rings (SSSR count). The van der Waals surface area contributed by atoms with Gasteiger partial charge in [0.25, 0.3) is 0 Å². The normalized spacial score (nSPS) is 13.2. The summed E-state index contributed by atoms with van der Waals surface area (Å²) in [6.07, 6.45) is 0. The number of hydrogen-bond acceptors (Lipinski definition) is 5. The molecule has 2 aromatic rings. The lowest BCUT2D eigenvalue weighted by molar-refractivity contribution is -0.122. The number of sulfonamides is 1. The fourth-order valence-electron chi connectivity index (χ4n) is 1.77. The Morgan fingerprint density at radius 2 is 2.14 bits per heavy atom. The van der Waals surface area contributed by atoms with Gasteiger partial charge in [-0.1, -0.05) is 11.3 Å². The molecule has 0 fully saturated rings. The van der Waals surface area contributed by atoms with Crippen LogP contribution in [0.15, 0.2) is 27.9 Å². The van der Waals surface area contributed by atoms with Crippen LogP contribution in [0.2, 0.25) is 0 Å². The molecule has 0 saturated heterocycles. The Hall–Kier alpha value is -1.71. The Labute approximate surface area is 125 Å². The predicted molar refractivity (Wildman–Crippen MR) is 80.9 cm³/mol. The van der Waals surface area contributed by atoms with Gasteiger partial charge in [0, 0.05) is 6.54 Å². The Bertz CT molecular complexity index is 822. The average Bonchev–Trinajstić information content (AvgIpc) is 2.77. The molecule has 0 aliphatic carbocycles. The zero-order chi connectivity index (χ0) is 15.6. The van der Waals surface area contributed by atoms with E-state index in [9.17, 15) is 18.0 Å². The highest BCUT2D eigenvalue weighted by Crippen LogP contribution is 2.19. The van der Waals surface area contributed by atoms with Crippen molar-refractivity contribution in [3.8, 4) is 0 Å². The first-order valence-corrected chi connectivity index (χ1v) is 8.56. The van der Waals surface area contributed by atoms with Crippen LogP contribution in [-0.4, -0.2) is 31.9 Å². The molecule has 0 aliphatic heterocycles. The molecule has 0 radical (unpaired) electrons. The fourth-order valence-corrected chi connectivity index (χ4v) is 3.85. The van der Waals surface area contributed by atoms with Gasteiger partial charge in [0.2, 0.25) is 15.9 Å². The molecule has 1 atom stereocenters. The van der Waals surface area contributed by atoms with Crippen LogP contribution in [0.5, 0.6) is 0 Å². The van der Waals surface area contributed by atoms with E-state index in [0.717, 1.165) is 11.3 Å². The molecule has 1 aromatic heterocycles. The Morgan fingerprint density at radius 1 is 1.43 bits per heavy atom. The highest BCUT2D eigenvalue weighted by atomic mass is 32.2. The van der Waals surface area contributed by atoms with Crippen molar-refractivity contribution in [2.24, 2.45) is 0 Å². The molecule has 1 unspecified atom stereocenters. The second-order valence-corrected chi connectivity index (χ2v) is 7.14. The summed E-state index contributed by atoms with van der Waals surface area (Å²) in [5.41, 5.74) is 0.584. The van der Waals surface area contributed by atoms with Crippen molar-refractivity contribution in [2.45, 2.75) is 24.8 Å². The average molecular weight is 329 g/mol. The van der Waals surface area contributed by atoms with Gasteiger partial charge in [0.05, 0.1) is 21.2 Å². The minimum absolute atomic E-state index is 0.0152. The van der Waals surface area contributed by atoms with Gasteiger partial charge in [-0.15, -0.1) is 0 Å². The second kappa shape index (κ2) is 5.96. The maximum Gasteiger partial charge on any atom is 0.305 e. The number of nitrogens with one attached hydrogen (secondary N) is 3. The summed E-state index contributed by atoms with van der Waals surface area (Å²) in [4.78, 5) is 25.2. The molecule has 1 heterocycles. The van der Waals surface area contributed by atoms with Crippen LogP contribution in [0.4, 0.5) is 0 Å². The summed E-state index contributed by atoms with van der Waals surface area (Å²) in [6.45, 7) is 3.64. The number of benzene rings is 1. The molecular formula is C12H15N3O4S2. The summed E-state index contributed by atoms with van der Waals surface area (Å²) in [5, 5.41) is 2.54. The molecular weight excluding hydrogens is 314 g/mol. The number of carbonyl (C=O) groups is 1. The van der Waals surface area contributed by atoms with E-state index in [-0.39, 0.29) is 9.77 Å². The van der Waals surface area contributed by atoms with E-state index in [0.29, 0.717) is 16.8 Å². The van der Waals surface area contributed by atoms with Crippen LogP contribution in [0.25, 0.3) is 10.2 Å². The molecule has 114 valence electrons. The number of fused-ring (bicyclic) bond motifs is 1. The highest BCUT2D eigenvalue weighted by Gasteiger charge is 2.22. The minimum Gasteiger partial charge on any atom is -0.355 e. The van der Waals surface area contributed by atoms with Gasteiger partial charge in [-0.3, -0.25) is 9.59 Å². The molecule has 3 N–H and O–H groups in total. The Balaban J connectivity index is 2.28. The topological polar surface area (TPSA) is 108 Å². The maximum absolute atomic E-state index is 12.2. The Kier molecular flexibility index (Phi) is 4.45. The van der Waals surface area contributed by atoms with Crippen molar-refractivity contribution < 1.29 is 13.2 Å². The summed E-state index contributed by atoms with van der Waals surface area (Å²) in [7, 11) is -3.83. The maximum atomic E-state index is 12.2. The van der Waals surface area contributed by atoms with Gasteiger partial charge >= 0.3 is 4.87 Å². The molecule has 0 aliphatic rings. The molecule has 21 heavy (non-hydrogen) atoms. The number of likely N-dealkylation sites (N-methyl/N-ethyl adjacent to an activating group) is 1. The van der Waals surface area contributed by atoms with Crippen molar-refractivity contribution in [2.75, 3.05) is 6.54 Å². The summed E-state index contributed by atoms with van der Waals surface area (Å²) in [5.74, 6) is -0.395. The number of carbonyl (C=O) groups excluding carboxylic acids is 1. The van der Waals surface area contributed by atoms with Crippen LogP contribution in [0.1, 0.15) is 13.8 Å². The van der Waals surface area contributed by atoms with E-state index in [1.54, 1.807) is 6.92 Å². The van der Waals surface area contributed by atoms with Crippen molar-refractivity contribution in [3.05, 3.63) is 27.9 Å². The third-order valence-electron chi connectivity index (χ3n) is 2.78. The number of amides is 1. The van der Waals surface area contributed by atoms with Gasteiger partial charge in [-0.2, -0.15) is 4.72 Å². The minimum atomic E-state index is -3.83. The van der Waals surface area contributed by atoms with Crippen LogP contribution >= 0.6 is 11.3 Å². The first-order valence-electron chi connectivity index (χ1n) is 6.26. The predicted octanol–water partition coefficient (Wildman–Crippen LogP) is 0.392.